The molecule has 1 aromatic rings. The second-order valence-corrected chi connectivity index (χ2v) is 4.82. The van der Waals surface area contributed by atoms with Gasteiger partial charge in [-0.05, 0) is 53.3 Å². The summed E-state index contributed by atoms with van der Waals surface area (Å²) in [4.78, 5) is 22.8. The Bertz CT molecular complexity index is 390. The van der Waals surface area contributed by atoms with Gasteiger partial charge in [-0.15, -0.1) is 0 Å². The van der Waals surface area contributed by atoms with Gasteiger partial charge in [-0.1, -0.05) is 13.3 Å². The Morgan fingerprint density at radius 2 is 1.82 bits per heavy atom. The molecular formula is C12H15IN2O2. The number of nitrogens with one attached hydrogen (secondary N) is 2. The lowest BCUT2D eigenvalue weighted by molar-refractivity contribution is -0.136. The average Bonchev–Trinajstić information content (AvgIpc) is 2.32. The molecule has 17 heavy (non-hydrogen) atoms. The van der Waals surface area contributed by atoms with Crippen molar-refractivity contribution in [2.45, 2.75) is 19.8 Å². The summed E-state index contributed by atoms with van der Waals surface area (Å²) in [5, 5.41) is 5.10. The number of unbranched alkanes of at least 4 members (excludes halogenated alkanes) is 1. The van der Waals surface area contributed by atoms with Crippen molar-refractivity contribution in [1.82, 2.24) is 5.32 Å². The first-order valence-corrected chi connectivity index (χ1v) is 6.56. The molecule has 0 atom stereocenters. The van der Waals surface area contributed by atoms with E-state index >= 15 is 0 Å². The molecule has 0 radical (unpaired) electrons. The Kier molecular flexibility index (Phi) is 5.96. The van der Waals surface area contributed by atoms with Crippen molar-refractivity contribution >= 4 is 40.1 Å². The minimum absolute atomic E-state index is 0.537. The van der Waals surface area contributed by atoms with Crippen LogP contribution in [-0.2, 0) is 9.59 Å². The quantitative estimate of drug-likeness (QED) is 0.499. The fourth-order valence-corrected chi connectivity index (χ4v) is 1.54. The van der Waals surface area contributed by atoms with E-state index < -0.39 is 11.8 Å². The van der Waals surface area contributed by atoms with Gasteiger partial charge in [0.2, 0.25) is 0 Å². The van der Waals surface area contributed by atoms with Crippen molar-refractivity contribution in [3.05, 3.63) is 27.8 Å². The number of carbonyl (C=O) groups is 2. The highest BCUT2D eigenvalue weighted by Gasteiger charge is 2.12. The summed E-state index contributed by atoms with van der Waals surface area (Å²) in [7, 11) is 0. The van der Waals surface area contributed by atoms with E-state index in [1.165, 1.54) is 0 Å². The number of benzene rings is 1. The van der Waals surface area contributed by atoms with E-state index in [0.717, 1.165) is 16.4 Å². The molecule has 0 spiro atoms. The van der Waals surface area contributed by atoms with Crippen molar-refractivity contribution in [3.63, 3.8) is 0 Å². The number of rotatable bonds is 4. The number of amides is 2. The van der Waals surface area contributed by atoms with Crippen LogP contribution in [0.3, 0.4) is 0 Å². The molecule has 2 amide bonds. The van der Waals surface area contributed by atoms with Crippen molar-refractivity contribution in [3.8, 4) is 0 Å². The molecule has 0 aliphatic heterocycles. The predicted octanol–water partition coefficient (Wildman–Crippen LogP) is 2.15. The molecule has 0 heterocycles. The van der Waals surface area contributed by atoms with Gasteiger partial charge in [-0.2, -0.15) is 0 Å². The molecular weight excluding hydrogens is 331 g/mol. The zero-order valence-electron chi connectivity index (χ0n) is 9.63. The number of hydrogen-bond donors (Lipinski definition) is 2. The number of hydrogen-bond acceptors (Lipinski definition) is 2. The minimum atomic E-state index is -0.623. The summed E-state index contributed by atoms with van der Waals surface area (Å²) in [6.45, 7) is 2.56. The summed E-state index contributed by atoms with van der Waals surface area (Å²) in [5.41, 5.74) is 0.626. The van der Waals surface area contributed by atoms with E-state index in [1.807, 2.05) is 19.1 Å². The zero-order chi connectivity index (χ0) is 12.7. The Hall–Kier alpha value is -1.11. The van der Waals surface area contributed by atoms with Gasteiger partial charge in [-0.25, -0.2) is 0 Å². The SMILES string of the molecule is CCCCNC(=O)C(=O)Nc1ccc(I)cc1. The fraction of sp³-hybridized carbons (Fsp3) is 0.333. The molecule has 1 aromatic carbocycles. The lowest BCUT2D eigenvalue weighted by Gasteiger charge is -2.05. The third-order valence-corrected chi connectivity index (χ3v) is 2.84. The topological polar surface area (TPSA) is 58.2 Å². The van der Waals surface area contributed by atoms with Crippen LogP contribution in [0.25, 0.3) is 0 Å². The van der Waals surface area contributed by atoms with E-state index in [1.54, 1.807) is 12.1 Å². The van der Waals surface area contributed by atoms with Gasteiger partial charge < -0.3 is 10.6 Å². The van der Waals surface area contributed by atoms with Crippen molar-refractivity contribution in [1.29, 1.82) is 0 Å². The number of halogens is 1. The van der Waals surface area contributed by atoms with E-state index in [-0.39, 0.29) is 0 Å². The molecule has 2 N–H and O–H groups in total. The Labute approximate surface area is 114 Å². The van der Waals surface area contributed by atoms with Gasteiger partial charge in [0.25, 0.3) is 0 Å². The van der Waals surface area contributed by atoms with Gasteiger partial charge in [0.05, 0.1) is 0 Å². The van der Waals surface area contributed by atoms with Crippen molar-refractivity contribution in [2.75, 3.05) is 11.9 Å². The first-order valence-electron chi connectivity index (χ1n) is 5.48. The number of anilines is 1. The van der Waals surface area contributed by atoms with Crippen LogP contribution in [0, 0.1) is 3.57 Å². The monoisotopic (exact) mass is 346 g/mol. The number of carbonyl (C=O) groups excluding carboxylic acids is 2. The van der Waals surface area contributed by atoms with Crippen LogP contribution < -0.4 is 10.6 Å². The average molecular weight is 346 g/mol. The molecule has 0 aromatic heterocycles. The highest BCUT2D eigenvalue weighted by molar-refractivity contribution is 14.1. The maximum Gasteiger partial charge on any atom is 0.313 e. The molecule has 0 saturated heterocycles. The molecule has 0 bridgehead atoms. The largest absolute Gasteiger partial charge is 0.348 e. The molecule has 92 valence electrons. The van der Waals surface area contributed by atoms with Gasteiger partial charge in [-0.3, -0.25) is 9.59 Å². The molecule has 0 fully saturated rings. The van der Waals surface area contributed by atoms with Crippen molar-refractivity contribution in [2.24, 2.45) is 0 Å². The maximum absolute atomic E-state index is 11.5. The second kappa shape index (κ2) is 7.26. The highest BCUT2D eigenvalue weighted by atomic mass is 127. The van der Waals surface area contributed by atoms with Gasteiger partial charge >= 0.3 is 11.8 Å². The first kappa shape index (κ1) is 14.0. The predicted molar refractivity (Wildman–Crippen MR) is 75.7 cm³/mol. The summed E-state index contributed by atoms with van der Waals surface area (Å²) in [5.74, 6) is -1.21. The van der Waals surface area contributed by atoms with Crippen LogP contribution in [0.4, 0.5) is 5.69 Å². The molecule has 5 heteroatoms. The Morgan fingerprint density at radius 3 is 2.41 bits per heavy atom. The normalized spacial score (nSPS) is 9.76. The van der Waals surface area contributed by atoms with E-state index in [9.17, 15) is 9.59 Å². The maximum atomic E-state index is 11.5. The van der Waals surface area contributed by atoms with E-state index in [4.69, 9.17) is 0 Å². The summed E-state index contributed by atoms with van der Waals surface area (Å²) in [6, 6.07) is 7.26. The van der Waals surface area contributed by atoms with Crippen LogP contribution in [0.2, 0.25) is 0 Å². The summed E-state index contributed by atoms with van der Waals surface area (Å²) < 4.78 is 1.08. The Balaban J connectivity index is 2.43. The van der Waals surface area contributed by atoms with Crippen LogP contribution in [0.15, 0.2) is 24.3 Å². The minimum Gasteiger partial charge on any atom is -0.348 e. The van der Waals surface area contributed by atoms with Crippen molar-refractivity contribution < 1.29 is 9.59 Å². The summed E-state index contributed by atoms with van der Waals surface area (Å²) >= 11 is 2.17. The molecule has 0 aliphatic carbocycles. The molecule has 0 saturated carbocycles. The molecule has 0 unspecified atom stereocenters. The first-order chi connectivity index (χ1) is 8.13. The van der Waals surface area contributed by atoms with E-state index in [2.05, 4.69) is 33.2 Å². The van der Waals surface area contributed by atoms with Gasteiger partial charge in [0, 0.05) is 15.8 Å². The van der Waals surface area contributed by atoms with E-state index in [0.29, 0.717) is 12.2 Å². The van der Waals surface area contributed by atoms with Gasteiger partial charge in [0.15, 0.2) is 0 Å². The Morgan fingerprint density at radius 1 is 1.18 bits per heavy atom. The smallest absolute Gasteiger partial charge is 0.313 e. The second-order valence-electron chi connectivity index (χ2n) is 3.57. The molecule has 0 aliphatic rings. The van der Waals surface area contributed by atoms with Gasteiger partial charge in [0.1, 0.15) is 0 Å². The van der Waals surface area contributed by atoms with Crippen LogP contribution in [-0.4, -0.2) is 18.4 Å². The lowest BCUT2D eigenvalue weighted by Crippen LogP contribution is -2.35. The van der Waals surface area contributed by atoms with Crippen LogP contribution >= 0.6 is 22.6 Å². The standard InChI is InChI=1S/C12H15IN2O2/c1-2-3-8-14-11(16)12(17)15-10-6-4-9(13)5-7-10/h4-7H,2-3,8H2,1H3,(H,14,16)(H,15,17). The van der Waals surface area contributed by atoms with Crippen LogP contribution in [0.1, 0.15) is 19.8 Å². The zero-order valence-corrected chi connectivity index (χ0v) is 11.8. The molecule has 1 rings (SSSR count). The van der Waals surface area contributed by atoms with Crippen LogP contribution in [0.5, 0.6) is 0 Å². The lowest BCUT2D eigenvalue weighted by atomic mass is 10.3. The third kappa shape index (κ3) is 5.16. The fourth-order valence-electron chi connectivity index (χ4n) is 1.18. The summed E-state index contributed by atoms with van der Waals surface area (Å²) in [6.07, 6.45) is 1.86. The molecule has 4 nitrogen and oxygen atoms in total. The third-order valence-electron chi connectivity index (χ3n) is 2.12. The highest BCUT2D eigenvalue weighted by Crippen LogP contribution is 2.10.